The van der Waals surface area contributed by atoms with Crippen LogP contribution in [0.3, 0.4) is 0 Å². The second-order valence-corrected chi connectivity index (χ2v) is 6.45. The number of aromatic nitrogens is 1. The molecule has 24 heavy (non-hydrogen) atoms. The van der Waals surface area contributed by atoms with Gasteiger partial charge in [0.2, 0.25) is 11.8 Å². The van der Waals surface area contributed by atoms with E-state index in [0.717, 1.165) is 22.2 Å². The Morgan fingerprint density at radius 2 is 1.79 bits per heavy atom. The van der Waals surface area contributed by atoms with Gasteiger partial charge in [-0.1, -0.05) is 29.8 Å². The fraction of sp³-hybridized carbons (Fsp3) is 0.158. The number of rotatable bonds is 2. The van der Waals surface area contributed by atoms with Crippen molar-refractivity contribution in [3.63, 3.8) is 0 Å². The highest BCUT2D eigenvalue weighted by Crippen LogP contribution is 2.38. The maximum atomic E-state index is 13.0. The number of amides is 2. The normalized spacial score (nSPS) is 17.9. The molecule has 1 aliphatic heterocycles. The average Bonchev–Trinajstić information content (AvgIpc) is 3.04. The molecule has 1 saturated heterocycles. The van der Waals surface area contributed by atoms with Crippen LogP contribution in [-0.4, -0.2) is 16.8 Å². The van der Waals surface area contributed by atoms with Crippen molar-refractivity contribution in [2.75, 3.05) is 4.90 Å². The van der Waals surface area contributed by atoms with Gasteiger partial charge in [0.15, 0.2) is 0 Å². The standard InChI is InChI=1S/C19H15ClN2O2/c1-11-18(14-4-2-3-5-16(14)21-11)15-10-17(23)22(19(15)24)13-8-6-12(20)7-9-13/h2-9,15,21H,10H2,1H3. The molecule has 1 unspecified atom stereocenters. The van der Waals surface area contributed by atoms with Crippen molar-refractivity contribution in [3.8, 4) is 0 Å². The molecule has 0 spiro atoms. The molecular formula is C19H15ClN2O2. The van der Waals surface area contributed by atoms with Gasteiger partial charge in [0.25, 0.3) is 0 Å². The second kappa shape index (κ2) is 5.49. The monoisotopic (exact) mass is 338 g/mol. The van der Waals surface area contributed by atoms with E-state index < -0.39 is 5.92 Å². The number of H-pyrrole nitrogens is 1. The molecule has 120 valence electrons. The first-order valence-corrected chi connectivity index (χ1v) is 8.13. The number of imide groups is 1. The Morgan fingerprint density at radius 1 is 1.08 bits per heavy atom. The lowest BCUT2D eigenvalue weighted by Gasteiger charge is -2.15. The van der Waals surface area contributed by atoms with Crippen LogP contribution in [0.4, 0.5) is 5.69 Å². The topological polar surface area (TPSA) is 53.2 Å². The van der Waals surface area contributed by atoms with E-state index in [0.29, 0.717) is 10.7 Å². The van der Waals surface area contributed by atoms with Gasteiger partial charge >= 0.3 is 0 Å². The van der Waals surface area contributed by atoms with Crippen molar-refractivity contribution < 1.29 is 9.59 Å². The highest BCUT2D eigenvalue weighted by atomic mass is 35.5. The summed E-state index contributed by atoms with van der Waals surface area (Å²) < 4.78 is 0. The van der Waals surface area contributed by atoms with E-state index in [9.17, 15) is 9.59 Å². The zero-order valence-corrected chi connectivity index (χ0v) is 13.8. The maximum Gasteiger partial charge on any atom is 0.241 e. The molecule has 1 aromatic heterocycles. The molecule has 4 nitrogen and oxygen atoms in total. The summed E-state index contributed by atoms with van der Waals surface area (Å²) >= 11 is 5.89. The highest BCUT2D eigenvalue weighted by Gasteiger charge is 2.42. The van der Waals surface area contributed by atoms with Crippen LogP contribution in [0.1, 0.15) is 23.6 Å². The number of benzene rings is 2. The molecular weight excluding hydrogens is 324 g/mol. The molecule has 2 heterocycles. The van der Waals surface area contributed by atoms with E-state index in [4.69, 9.17) is 11.6 Å². The number of aryl methyl sites for hydroxylation is 1. The molecule has 0 bridgehead atoms. The fourth-order valence-electron chi connectivity index (χ4n) is 3.47. The lowest BCUT2D eigenvalue weighted by molar-refractivity contribution is -0.121. The SMILES string of the molecule is Cc1[nH]c2ccccc2c1C1CC(=O)N(c2ccc(Cl)cc2)C1=O. The molecule has 1 aliphatic rings. The van der Waals surface area contributed by atoms with Crippen molar-refractivity contribution in [1.29, 1.82) is 0 Å². The van der Waals surface area contributed by atoms with Gasteiger partial charge in [-0.15, -0.1) is 0 Å². The van der Waals surface area contributed by atoms with Gasteiger partial charge in [-0.3, -0.25) is 14.5 Å². The predicted molar refractivity (Wildman–Crippen MR) is 94.3 cm³/mol. The number of carbonyl (C=O) groups excluding carboxylic acids is 2. The summed E-state index contributed by atoms with van der Waals surface area (Å²) in [6.45, 7) is 1.94. The number of fused-ring (bicyclic) bond motifs is 1. The third kappa shape index (κ3) is 2.22. The van der Waals surface area contributed by atoms with Crippen LogP contribution in [0, 0.1) is 6.92 Å². The van der Waals surface area contributed by atoms with Crippen LogP contribution < -0.4 is 4.90 Å². The number of aromatic amines is 1. The summed E-state index contributed by atoms with van der Waals surface area (Å²) in [4.78, 5) is 30.0. The average molecular weight is 339 g/mol. The summed E-state index contributed by atoms with van der Waals surface area (Å²) in [6.07, 6.45) is 0.185. The van der Waals surface area contributed by atoms with Gasteiger partial charge in [-0.05, 0) is 42.8 Å². The van der Waals surface area contributed by atoms with Crippen LogP contribution in [0.15, 0.2) is 48.5 Å². The number of hydrogen-bond donors (Lipinski definition) is 1. The van der Waals surface area contributed by atoms with Crippen molar-refractivity contribution in [2.24, 2.45) is 0 Å². The van der Waals surface area contributed by atoms with E-state index in [1.807, 2.05) is 31.2 Å². The van der Waals surface area contributed by atoms with Gasteiger partial charge in [-0.2, -0.15) is 0 Å². The molecule has 0 aliphatic carbocycles. The summed E-state index contributed by atoms with van der Waals surface area (Å²) in [6, 6.07) is 14.6. The van der Waals surface area contributed by atoms with Crippen molar-refractivity contribution in [1.82, 2.24) is 4.98 Å². The minimum atomic E-state index is -0.454. The van der Waals surface area contributed by atoms with Gasteiger partial charge in [0.1, 0.15) is 0 Å². The summed E-state index contributed by atoms with van der Waals surface area (Å²) in [7, 11) is 0. The highest BCUT2D eigenvalue weighted by molar-refractivity contribution is 6.31. The molecule has 5 heteroatoms. The van der Waals surface area contributed by atoms with Crippen molar-refractivity contribution in [3.05, 3.63) is 64.8 Å². The number of hydrogen-bond acceptors (Lipinski definition) is 2. The number of nitrogens with one attached hydrogen (secondary N) is 1. The Balaban J connectivity index is 1.78. The van der Waals surface area contributed by atoms with Crippen LogP contribution in [0.2, 0.25) is 5.02 Å². The van der Waals surface area contributed by atoms with Crippen molar-refractivity contribution in [2.45, 2.75) is 19.3 Å². The first kappa shape index (κ1) is 15.0. The van der Waals surface area contributed by atoms with E-state index in [2.05, 4.69) is 4.98 Å². The first-order chi connectivity index (χ1) is 11.6. The predicted octanol–water partition coefficient (Wildman–Crippen LogP) is 4.18. The number of anilines is 1. The lowest BCUT2D eigenvalue weighted by Crippen LogP contribution is -2.30. The van der Waals surface area contributed by atoms with E-state index >= 15 is 0 Å². The maximum absolute atomic E-state index is 13.0. The number of carbonyl (C=O) groups is 2. The Hall–Kier alpha value is -2.59. The zero-order valence-electron chi connectivity index (χ0n) is 13.0. The minimum Gasteiger partial charge on any atom is -0.358 e. The molecule has 2 amide bonds. The zero-order chi connectivity index (χ0) is 16.8. The van der Waals surface area contributed by atoms with Crippen LogP contribution in [-0.2, 0) is 9.59 Å². The van der Waals surface area contributed by atoms with Gasteiger partial charge in [0, 0.05) is 28.0 Å². The Bertz CT molecular complexity index is 959. The molecule has 1 atom stereocenters. The molecule has 1 fully saturated rings. The smallest absolute Gasteiger partial charge is 0.241 e. The lowest BCUT2D eigenvalue weighted by atomic mass is 9.94. The Labute approximate surface area is 144 Å². The number of para-hydroxylation sites is 1. The summed E-state index contributed by atoms with van der Waals surface area (Å²) in [5, 5.41) is 1.57. The quantitative estimate of drug-likeness (QED) is 0.713. The minimum absolute atomic E-state index is 0.183. The Kier molecular flexibility index (Phi) is 3.43. The van der Waals surface area contributed by atoms with E-state index in [1.54, 1.807) is 24.3 Å². The second-order valence-electron chi connectivity index (χ2n) is 6.01. The summed E-state index contributed by atoms with van der Waals surface area (Å²) in [5.74, 6) is -0.823. The summed E-state index contributed by atoms with van der Waals surface area (Å²) in [5.41, 5.74) is 3.39. The van der Waals surface area contributed by atoms with Gasteiger partial charge < -0.3 is 4.98 Å². The van der Waals surface area contributed by atoms with Crippen molar-refractivity contribution >= 4 is 40.0 Å². The van der Waals surface area contributed by atoms with E-state index in [-0.39, 0.29) is 18.2 Å². The third-order valence-electron chi connectivity index (χ3n) is 4.52. The molecule has 1 N–H and O–H groups in total. The molecule has 3 aromatic rings. The molecule has 0 radical (unpaired) electrons. The van der Waals surface area contributed by atoms with E-state index in [1.165, 1.54) is 4.90 Å². The number of halogens is 1. The molecule has 0 saturated carbocycles. The number of nitrogens with zero attached hydrogens (tertiary/aromatic N) is 1. The van der Waals surface area contributed by atoms with Crippen LogP contribution >= 0.6 is 11.6 Å². The van der Waals surface area contributed by atoms with Crippen LogP contribution in [0.5, 0.6) is 0 Å². The fourth-order valence-corrected chi connectivity index (χ4v) is 3.59. The molecule has 4 rings (SSSR count). The first-order valence-electron chi connectivity index (χ1n) is 7.76. The van der Waals surface area contributed by atoms with Crippen LogP contribution in [0.25, 0.3) is 10.9 Å². The largest absolute Gasteiger partial charge is 0.358 e. The van der Waals surface area contributed by atoms with Gasteiger partial charge in [0.05, 0.1) is 11.6 Å². The van der Waals surface area contributed by atoms with Gasteiger partial charge in [-0.25, -0.2) is 0 Å². The third-order valence-corrected chi connectivity index (χ3v) is 4.78. The molecule has 2 aromatic carbocycles. The Morgan fingerprint density at radius 3 is 2.54 bits per heavy atom.